The van der Waals surface area contributed by atoms with E-state index in [-0.39, 0.29) is 5.91 Å². The topological polar surface area (TPSA) is 69.7 Å². The Bertz CT molecular complexity index is 817. The number of carbonyl (C=O) groups is 1. The molecular formula is C20H22N2O4. The van der Waals surface area contributed by atoms with Gasteiger partial charge >= 0.3 is 0 Å². The van der Waals surface area contributed by atoms with Crippen LogP contribution >= 0.6 is 0 Å². The summed E-state index contributed by atoms with van der Waals surface area (Å²) in [6.07, 6.45) is 6.66. The number of anilines is 1. The van der Waals surface area contributed by atoms with Crippen molar-refractivity contribution in [2.75, 3.05) is 25.1 Å². The van der Waals surface area contributed by atoms with Crippen molar-refractivity contribution in [3.05, 3.63) is 47.7 Å². The predicted octanol–water partition coefficient (Wildman–Crippen LogP) is 3.82. The highest BCUT2D eigenvalue weighted by Crippen LogP contribution is 2.37. The third-order valence-electron chi connectivity index (χ3n) is 3.79. The Morgan fingerprint density at radius 2 is 2.12 bits per heavy atom. The lowest BCUT2D eigenvalue weighted by atomic mass is 10.1. The molecule has 0 spiro atoms. The van der Waals surface area contributed by atoms with Gasteiger partial charge in [0.05, 0.1) is 6.61 Å². The van der Waals surface area contributed by atoms with Crippen LogP contribution in [0.1, 0.15) is 25.0 Å². The van der Waals surface area contributed by atoms with Gasteiger partial charge in [-0.2, -0.15) is 0 Å². The fourth-order valence-electron chi connectivity index (χ4n) is 2.66. The lowest BCUT2D eigenvalue weighted by molar-refractivity contribution is -0.114. The lowest BCUT2D eigenvalue weighted by Crippen LogP contribution is -2.08. The number of nitrogens with one attached hydrogen (secondary N) is 1. The smallest absolute Gasteiger partial charge is 0.222 e. The van der Waals surface area contributed by atoms with Crippen LogP contribution in [-0.2, 0) is 16.0 Å². The second kappa shape index (κ2) is 8.49. The summed E-state index contributed by atoms with van der Waals surface area (Å²) in [5.74, 6) is 2.12. The first kappa shape index (κ1) is 17.9. The van der Waals surface area contributed by atoms with Crippen LogP contribution in [0.5, 0.6) is 17.2 Å². The number of nitrogens with zero attached hydrogens (tertiary/aromatic N) is 1. The molecular weight excluding hydrogens is 332 g/mol. The van der Waals surface area contributed by atoms with Gasteiger partial charge in [0, 0.05) is 25.8 Å². The Balaban J connectivity index is 1.81. The minimum Gasteiger partial charge on any atom is -0.487 e. The summed E-state index contributed by atoms with van der Waals surface area (Å²) in [5.41, 5.74) is 2.32. The molecule has 1 amide bonds. The third kappa shape index (κ3) is 4.61. The van der Waals surface area contributed by atoms with E-state index < -0.39 is 0 Å². The van der Waals surface area contributed by atoms with Crippen LogP contribution in [0.15, 0.2) is 36.5 Å². The Labute approximate surface area is 152 Å². The number of benzene rings is 1. The van der Waals surface area contributed by atoms with Crippen molar-refractivity contribution < 1.29 is 19.0 Å². The van der Waals surface area contributed by atoms with E-state index in [4.69, 9.17) is 14.2 Å². The van der Waals surface area contributed by atoms with E-state index in [0.29, 0.717) is 42.9 Å². The van der Waals surface area contributed by atoms with Crippen molar-refractivity contribution in [1.29, 1.82) is 0 Å². The second-order valence-electron chi connectivity index (χ2n) is 5.81. The van der Waals surface area contributed by atoms with Crippen molar-refractivity contribution in [3.63, 3.8) is 0 Å². The second-order valence-corrected chi connectivity index (χ2v) is 5.81. The molecule has 2 aromatic rings. The number of hydrogen-bond acceptors (Lipinski definition) is 5. The van der Waals surface area contributed by atoms with Crippen molar-refractivity contribution in [3.8, 4) is 17.2 Å². The van der Waals surface area contributed by atoms with Crippen molar-refractivity contribution in [2.24, 2.45) is 0 Å². The van der Waals surface area contributed by atoms with Crippen LogP contribution in [0.3, 0.4) is 0 Å². The minimum absolute atomic E-state index is 0.183. The van der Waals surface area contributed by atoms with E-state index in [0.717, 1.165) is 12.0 Å². The molecule has 1 aliphatic carbocycles. The van der Waals surface area contributed by atoms with E-state index in [9.17, 15) is 4.79 Å². The zero-order valence-electron chi connectivity index (χ0n) is 15.0. The highest BCUT2D eigenvalue weighted by atomic mass is 16.5. The number of allylic oxidation sites excluding steroid dienone is 1. The van der Waals surface area contributed by atoms with Gasteiger partial charge in [0.15, 0.2) is 11.5 Å². The Kier molecular flexibility index (Phi) is 5.86. The molecule has 1 aromatic carbocycles. The van der Waals surface area contributed by atoms with Gasteiger partial charge in [-0.3, -0.25) is 4.79 Å². The van der Waals surface area contributed by atoms with Crippen molar-refractivity contribution in [1.82, 2.24) is 4.98 Å². The molecule has 0 saturated heterocycles. The maximum absolute atomic E-state index is 11.2. The molecule has 6 heteroatoms. The van der Waals surface area contributed by atoms with Crippen LogP contribution in [0.25, 0.3) is 6.08 Å². The van der Waals surface area contributed by atoms with Gasteiger partial charge in [0.25, 0.3) is 0 Å². The summed E-state index contributed by atoms with van der Waals surface area (Å²) in [6.45, 7) is 5.01. The SMILES string of the molecule is CCOCCOc1cc2c(cc1Oc1ccnc(NC(C)=O)c1)C=CC2. The quantitative estimate of drug-likeness (QED) is 0.730. The first-order chi connectivity index (χ1) is 12.7. The number of hydrogen-bond donors (Lipinski definition) is 1. The van der Waals surface area contributed by atoms with Crippen molar-refractivity contribution >= 4 is 17.8 Å². The monoisotopic (exact) mass is 354 g/mol. The maximum atomic E-state index is 11.2. The Morgan fingerprint density at radius 1 is 1.23 bits per heavy atom. The fraction of sp³-hybridized carbons (Fsp3) is 0.300. The summed E-state index contributed by atoms with van der Waals surface area (Å²) < 4.78 is 17.2. The van der Waals surface area contributed by atoms with Gasteiger partial charge in [-0.15, -0.1) is 0 Å². The first-order valence-electron chi connectivity index (χ1n) is 8.61. The highest BCUT2D eigenvalue weighted by molar-refractivity contribution is 5.87. The van der Waals surface area contributed by atoms with Crippen LogP contribution < -0.4 is 14.8 Å². The summed E-state index contributed by atoms with van der Waals surface area (Å²) in [4.78, 5) is 15.3. The van der Waals surface area contributed by atoms with Crippen LogP contribution in [0.2, 0.25) is 0 Å². The molecule has 1 N–H and O–H groups in total. The average Bonchev–Trinajstić information content (AvgIpc) is 3.05. The largest absolute Gasteiger partial charge is 0.487 e. The molecule has 0 radical (unpaired) electrons. The zero-order valence-corrected chi connectivity index (χ0v) is 15.0. The molecule has 136 valence electrons. The van der Waals surface area contributed by atoms with Crippen LogP contribution in [0.4, 0.5) is 5.82 Å². The molecule has 0 fully saturated rings. The van der Waals surface area contributed by atoms with Crippen molar-refractivity contribution in [2.45, 2.75) is 20.3 Å². The molecule has 0 unspecified atom stereocenters. The van der Waals surface area contributed by atoms with Gasteiger partial charge in [-0.25, -0.2) is 4.98 Å². The number of fused-ring (bicyclic) bond motifs is 1. The van der Waals surface area contributed by atoms with Gasteiger partial charge in [-0.05, 0) is 42.7 Å². The van der Waals surface area contributed by atoms with Gasteiger partial charge in [-0.1, -0.05) is 12.2 Å². The Morgan fingerprint density at radius 3 is 2.92 bits per heavy atom. The van der Waals surface area contributed by atoms with Gasteiger partial charge in [0.2, 0.25) is 5.91 Å². The molecule has 0 aliphatic heterocycles. The van der Waals surface area contributed by atoms with E-state index in [2.05, 4.69) is 22.5 Å². The number of ether oxygens (including phenoxy) is 3. The summed E-state index contributed by atoms with van der Waals surface area (Å²) in [5, 5.41) is 2.65. The van der Waals surface area contributed by atoms with E-state index >= 15 is 0 Å². The molecule has 6 nitrogen and oxygen atoms in total. The van der Waals surface area contributed by atoms with E-state index in [1.807, 2.05) is 19.1 Å². The lowest BCUT2D eigenvalue weighted by Gasteiger charge is -2.15. The molecule has 3 rings (SSSR count). The van der Waals surface area contributed by atoms with Crippen LogP contribution in [-0.4, -0.2) is 30.7 Å². The molecule has 0 saturated carbocycles. The molecule has 1 aromatic heterocycles. The normalized spacial score (nSPS) is 11.9. The number of aromatic nitrogens is 1. The summed E-state index contributed by atoms with van der Waals surface area (Å²) in [7, 11) is 0. The summed E-state index contributed by atoms with van der Waals surface area (Å²) in [6, 6.07) is 7.38. The summed E-state index contributed by atoms with van der Waals surface area (Å²) >= 11 is 0. The zero-order chi connectivity index (χ0) is 18.4. The predicted molar refractivity (Wildman–Crippen MR) is 99.8 cm³/mol. The molecule has 1 aliphatic rings. The number of carbonyl (C=O) groups excluding carboxylic acids is 1. The minimum atomic E-state index is -0.183. The third-order valence-corrected chi connectivity index (χ3v) is 3.79. The number of rotatable bonds is 8. The maximum Gasteiger partial charge on any atom is 0.222 e. The molecule has 0 atom stereocenters. The van der Waals surface area contributed by atoms with Gasteiger partial charge in [0.1, 0.15) is 18.2 Å². The fourth-order valence-corrected chi connectivity index (χ4v) is 2.66. The first-order valence-corrected chi connectivity index (χ1v) is 8.61. The Hall–Kier alpha value is -2.86. The number of pyridine rings is 1. The standard InChI is InChI=1S/C20H22N2O4/c1-3-24-9-10-25-18-11-15-5-4-6-16(15)12-19(18)26-17-7-8-21-20(13-17)22-14(2)23/h4,6-8,11-13H,3,5,9-10H2,1-2H3,(H,21,22,23). The van der Waals surface area contributed by atoms with E-state index in [1.165, 1.54) is 12.5 Å². The highest BCUT2D eigenvalue weighted by Gasteiger charge is 2.14. The molecule has 0 bridgehead atoms. The average molecular weight is 354 g/mol. The van der Waals surface area contributed by atoms with Crippen LogP contribution in [0, 0.1) is 0 Å². The molecule has 26 heavy (non-hydrogen) atoms. The van der Waals surface area contributed by atoms with E-state index in [1.54, 1.807) is 18.3 Å². The molecule has 1 heterocycles. The number of amides is 1. The van der Waals surface area contributed by atoms with Gasteiger partial charge < -0.3 is 19.5 Å².